The fourth-order valence-electron chi connectivity index (χ4n) is 3.41. The third-order valence-electron chi connectivity index (χ3n) is 4.88. The summed E-state index contributed by atoms with van der Waals surface area (Å²) in [4.78, 5) is 23.3. The quantitative estimate of drug-likeness (QED) is 0.243. The molecule has 0 atom stereocenters. The Kier molecular flexibility index (Phi) is 10.9. The van der Waals surface area contributed by atoms with Gasteiger partial charge in [-0.1, -0.05) is 49.3 Å². The van der Waals surface area contributed by atoms with Crippen LogP contribution in [0.1, 0.15) is 50.8 Å². The highest BCUT2D eigenvalue weighted by Gasteiger charge is 2.20. The van der Waals surface area contributed by atoms with E-state index >= 15 is 0 Å². The molecule has 8 nitrogen and oxygen atoms in total. The van der Waals surface area contributed by atoms with E-state index in [2.05, 4.69) is 13.5 Å². The smallest absolute Gasteiger partial charge is 0.456 e. The summed E-state index contributed by atoms with van der Waals surface area (Å²) in [6, 6.07) is 9.74. The molecule has 0 aliphatic heterocycles. The third-order valence-corrected chi connectivity index (χ3v) is 4.88. The van der Waals surface area contributed by atoms with E-state index in [9.17, 15) is 9.59 Å². The van der Waals surface area contributed by atoms with Crippen LogP contribution in [0.3, 0.4) is 0 Å². The minimum atomic E-state index is -0.823. The Labute approximate surface area is 206 Å². The Morgan fingerprint density at radius 2 is 1.37 bits per heavy atom. The van der Waals surface area contributed by atoms with Crippen LogP contribution in [-0.4, -0.2) is 39.1 Å². The monoisotopic (exact) mass is 486 g/mol. The van der Waals surface area contributed by atoms with E-state index in [1.807, 2.05) is 44.2 Å². The van der Waals surface area contributed by atoms with Crippen LogP contribution in [0, 0.1) is 6.92 Å². The lowest BCUT2D eigenvalue weighted by atomic mass is 9.91. The first-order chi connectivity index (χ1) is 16.8. The fraction of sp³-hybridized carbons (Fsp3) is 0.407. The van der Waals surface area contributed by atoms with Gasteiger partial charge < -0.3 is 28.4 Å². The van der Waals surface area contributed by atoms with Gasteiger partial charge in [-0.15, -0.1) is 0 Å². The van der Waals surface area contributed by atoms with Gasteiger partial charge in [0.15, 0.2) is 0 Å². The van der Waals surface area contributed by atoms with E-state index in [0.717, 1.165) is 40.7 Å². The highest BCUT2D eigenvalue weighted by atomic mass is 16.8. The van der Waals surface area contributed by atoms with Gasteiger partial charge in [0.1, 0.15) is 11.5 Å². The molecule has 0 aromatic heterocycles. The van der Waals surface area contributed by atoms with Gasteiger partial charge in [0.2, 0.25) is 13.6 Å². The number of ether oxygens (including phenoxy) is 6. The van der Waals surface area contributed by atoms with Gasteiger partial charge in [-0.25, -0.2) is 9.59 Å². The second kappa shape index (κ2) is 13.9. The summed E-state index contributed by atoms with van der Waals surface area (Å²) < 4.78 is 31.5. The summed E-state index contributed by atoms with van der Waals surface area (Å²) in [5, 5.41) is 0. The molecular weight excluding hydrogens is 452 g/mol. The van der Waals surface area contributed by atoms with E-state index in [0.29, 0.717) is 17.1 Å². The third kappa shape index (κ3) is 8.24. The zero-order valence-electron chi connectivity index (χ0n) is 21.1. The molecule has 0 bridgehead atoms. The van der Waals surface area contributed by atoms with Crippen LogP contribution in [0.2, 0.25) is 0 Å². The van der Waals surface area contributed by atoms with Gasteiger partial charge in [0.05, 0.1) is 18.8 Å². The Morgan fingerprint density at radius 1 is 0.829 bits per heavy atom. The van der Waals surface area contributed by atoms with Crippen molar-refractivity contribution in [3.63, 3.8) is 0 Å². The molecule has 0 radical (unpaired) electrons. The van der Waals surface area contributed by atoms with Crippen molar-refractivity contribution in [1.82, 2.24) is 0 Å². The number of carbonyl (C=O) groups excluding carboxylic acids is 2. The average Bonchev–Trinajstić information content (AvgIpc) is 2.79. The first-order valence-electron chi connectivity index (χ1n) is 11.6. The number of carbonyl (C=O) groups is 2. The molecule has 0 heterocycles. The molecule has 8 heteroatoms. The number of allylic oxidation sites excluding steroid dienone is 1. The molecule has 190 valence electrons. The molecule has 0 saturated carbocycles. The molecule has 0 fully saturated rings. The van der Waals surface area contributed by atoms with Crippen LogP contribution in [0.5, 0.6) is 11.5 Å². The van der Waals surface area contributed by atoms with Crippen molar-refractivity contribution < 1.29 is 38.0 Å². The largest absolute Gasteiger partial charge is 0.511 e. The van der Waals surface area contributed by atoms with Gasteiger partial charge in [0, 0.05) is 0 Å². The minimum absolute atomic E-state index is 0.194. The van der Waals surface area contributed by atoms with Gasteiger partial charge in [-0.2, -0.15) is 0 Å². The molecule has 0 amide bonds. The molecule has 2 aromatic rings. The lowest BCUT2D eigenvalue weighted by Crippen LogP contribution is -2.14. The van der Waals surface area contributed by atoms with E-state index in [1.165, 1.54) is 0 Å². The second-order valence-electron chi connectivity index (χ2n) is 7.73. The second-order valence-corrected chi connectivity index (χ2v) is 7.73. The summed E-state index contributed by atoms with van der Waals surface area (Å²) >= 11 is 0. The van der Waals surface area contributed by atoms with Gasteiger partial charge in [-0.05, 0) is 62.9 Å². The highest BCUT2D eigenvalue weighted by molar-refractivity contribution is 5.87. The summed E-state index contributed by atoms with van der Waals surface area (Å²) in [5.74, 6) is 0.888. The standard InChI is InChI=1S/C27H34O8/c1-7-10-20-14-23(32-16-34-26(28)30-8-2)25(22-13-19(6)11-12-21(22)18(4)5)24(15-20)33-17-35-27(29)31-9-3/h11-15H,4,7-10,16-17H2,1-3,5-6H3. The zero-order valence-corrected chi connectivity index (χ0v) is 21.1. The van der Waals surface area contributed by atoms with Crippen LogP contribution in [0.15, 0.2) is 36.9 Å². The maximum Gasteiger partial charge on any atom is 0.511 e. The molecule has 0 aliphatic rings. The van der Waals surface area contributed by atoms with Crippen molar-refractivity contribution in [1.29, 1.82) is 0 Å². The molecule has 0 aliphatic carbocycles. The molecule has 35 heavy (non-hydrogen) atoms. The topological polar surface area (TPSA) is 89.5 Å². The molecule has 2 aromatic carbocycles. The first kappa shape index (κ1) is 27.6. The average molecular weight is 487 g/mol. The Hall–Kier alpha value is -3.68. The summed E-state index contributed by atoms with van der Waals surface area (Å²) in [5.41, 5.74) is 5.14. The lowest BCUT2D eigenvalue weighted by Gasteiger charge is -2.20. The van der Waals surface area contributed by atoms with Crippen molar-refractivity contribution in [3.05, 3.63) is 53.6 Å². The van der Waals surface area contributed by atoms with Crippen molar-refractivity contribution in [2.24, 2.45) is 0 Å². The SMILES string of the molecule is C=C(C)c1ccc(C)cc1-c1c(OCOC(=O)OCC)cc(CCC)cc1OCOC(=O)OCC. The number of aryl methyl sites for hydroxylation is 2. The minimum Gasteiger partial charge on any atom is -0.456 e. The Balaban J connectivity index is 2.56. The molecule has 2 rings (SSSR count). The molecular formula is C27H34O8. The Bertz CT molecular complexity index is 983. The van der Waals surface area contributed by atoms with Crippen LogP contribution >= 0.6 is 0 Å². The Morgan fingerprint density at radius 3 is 1.83 bits per heavy atom. The number of hydrogen-bond donors (Lipinski definition) is 0. The number of hydrogen-bond acceptors (Lipinski definition) is 8. The van der Waals surface area contributed by atoms with Crippen molar-refractivity contribution >= 4 is 17.9 Å². The first-order valence-corrected chi connectivity index (χ1v) is 11.6. The maximum atomic E-state index is 11.7. The van der Waals surface area contributed by atoms with Crippen LogP contribution in [0.4, 0.5) is 9.59 Å². The van der Waals surface area contributed by atoms with Crippen molar-refractivity contribution in [3.8, 4) is 22.6 Å². The van der Waals surface area contributed by atoms with Gasteiger partial charge in [-0.3, -0.25) is 0 Å². The highest BCUT2D eigenvalue weighted by Crippen LogP contribution is 2.43. The van der Waals surface area contributed by atoms with E-state index in [1.54, 1.807) is 13.8 Å². The van der Waals surface area contributed by atoms with Gasteiger partial charge >= 0.3 is 12.3 Å². The molecule has 0 saturated heterocycles. The number of rotatable bonds is 12. The van der Waals surface area contributed by atoms with Gasteiger partial charge in [0.25, 0.3) is 0 Å². The van der Waals surface area contributed by atoms with Crippen LogP contribution in [0.25, 0.3) is 16.7 Å². The van der Waals surface area contributed by atoms with Crippen LogP contribution < -0.4 is 9.47 Å². The van der Waals surface area contributed by atoms with Crippen molar-refractivity contribution in [2.75, 3.05) is 26.8 Å². The summed E-state index contributed by atoms with van der Waals surface area (Å²) in [6.45, 7) is 13.1. The summed E-state index contributed by atoms with van der Waals surface area (Å²) in [6.07, 6.45) is -0.00300. The van der Waals surface area contributed by atoms with Crippen molar-refractivity contribution in [2.45, 2.75) is 47.5 Å². The van der Waals surface area contributed by atoms with E-state index < -0.39 is 12.3 Å². The molecule has 0 unspecified atom stereocenters. The zero-order chi connectivity index (χ0) is 25.8. The van der Waals surface area contributed by atoms with E-state index in [4.69, 9.17) is 28.4 Å². The predicted molar refractivity (Wildman–Crippen MR) is 133 cm³/mol. The predicted octanol–water partition coefficient (Wildman–Crippen LogP) is 6.67. The molecule has 0 N–H and O–H groups in total. The molecule has 0 spiro atoms. The number of benzene rings is 2. The lowest BCUT2D eigenvalue weighted by molar-refractivity contribution is 0.00564. The normalized spacial score (nSPS) is 10.3. The maximum absolute atomic E-state index is 11.7. The summed E-state index contributed by atoms with van der Waals surface area (Å²) in [7, 11) is 0. The van der Waals surface area contributed by atoms with Crippen LogP contribution in [-0.2, 0) is 25.4 Å². The van der Waals surface area contributed by atoms with E-state index in [-0.39, 0.29) is 26.8 Å². The fourth-order valence-corrected chi connectivity index (χ4v) is 3.41.